The standard InChI is InChI=1S/C10H16N2O3/c1-4-14-10(15-5-2)9(13)8-6-7-11-12(8)3/h6-7,13H,4-5H2,1-3H3. The Kier molecular flexibility index (Phi) is 4.03. The van der Waals surface area contributed by atoms with Gasteiger partial charge in [-0.2, -0.15) is 5.10 Å². The van der Waals surface area contributed by atoms with Crippen molar-refractivity contribution in [2.45, 2.75) is 13.8 Å². The Bertz CT molecular complexity index is 336. The molecule has 0 bridgehead atoms. The van der Waals surface area contributed by atoms with Gasteiger partial charge >= 0.3 is 5.95 Å². The zero-order valence-electron chi connectivity index (χ0n) is 9.23. The lowest BCUT2D eigenvalue weighted by molar-refractivity contribution is 0.0425. The van der Waals surface area contributed by atoms with Crippen LogP contribution in [0.5, 0.6) is 0 Å². The Morgan fingerprint density at radius 3 is 2.40 bits per heavy atom. The molecule has 1 aromatic rings. The van der Waals surface area contributed by atoms with E-state index >= 15 is 0 Å². The Morgan fingerprint density at radius 1 is 1.40 bits per heavy atom. The van der Waals surface area contributed by atoms with E-state index in [1.807, 2.05) is 13.8 Å². The van der Waals surface area contributed by atoms with Crippen LogP contribution in [0.25, 0.3) is 5.76 Å². The second-order valence-corrected chi connectivity index (χ2v) is 2.84. The van der Waals surface area contributed by atoms with E-state index in [-0.39, 0.29) is 11.7 Å². The third-order valence-corrected chi connectivity index (χ3v) is 1.81. The largest absolute Gasteiger partial charge is 0.500 e. The van der Waals surface area contributed by atoms with Crippen molar-refractivity contribution in [2.75, 3.05) is 13.2 Å². The number of hydrogen-bond acceptors (Lipinski definition) is 4. The predicted octanol–water partition coefficient (Wildman–Crippen LogP) is 1.68. The van der Waals surface area contributed by atoms with Gasteiger partial charge in [0.25, 0.3) is 0 Å². The van der Waals surface area contributed by atoms with Crippen molar-refractivity contribution in [2.24, 2.45) is 7.05 Å². The van der Waals surface area contributed by atoms with Crippen LogP contribution in [-0.4, -0.2) is 28.1 Å². The molecule has 1 N–H and O–H groups in total. The first-order valence-corrected chi connectivity index (χ1v) is 4.87. The molecule has 0 aliphatic rings. The predicted molar refractivity (Wildman–Crippen MR) is 56.0 cm³/mol. The summed E-state index contributed by atoms with van der Waals surface area (Å²) in [6.07, 6.45) is 1.60. The van der Waals surface area contributed by atoms with Crippen LogP contribution in [0, 0.1) is 0 Å². The molecule has 0 radical (unpaired) electrons. The zero-order chi connectivity index (χ0) is 11.3. The summed E-state index contributed by atoms with van der Waals surface area (Å²) in [6, 6.07) is 1.69. The summed E-state index contributed by atoms with van der Waals surface area (Å²) in [7, 11) is 1.74. The van der Waals surface area contributed by atoms with Gasteiger partial charge in [0.2, 0.25) is 5.76 Å². The molecule has 0 saturated carbocycles. The summed E-state index contributed by atoms with van der Waals surface area (Å²) in [5.74, 6) is 0.113. The van der Waals surface area contributed by atoms with Gasteiger partial charge in [0.1, 0.15) is 5.69 Å². The minimum atomic E-state index is -0.0290. The van der Waals surface area contributed by atoms with E-state index in [0.717, 1.165) is 0 Å². The van der Waals surface area contributed by atoms with Crippen molar-refractivity contribution in [3.63, 3.8) is 0 Å². The topological polar surface area (TPSA) is 56.5 Å². The molecule has 0 saturated heterocycles. The number of nitrogens with zero attached hydrogens (tertiary/aromatic N) is 2. The molecular formula is C10H16N2O3. The van der Waals surface area contributed by atoms with Gasteiger partial charge in [-0.25, -0.2) is 0 Å². The second-order valence-electron chi connectivity index (χ2n) is 2.84. The third kappa shape index (κ3) is 2.65. The van der Waals surface area contributed by atoms with Crippen molar-refractivity contribution in [3.8, 4) is 0 Å². The molecule has 1 heterocycles. The fourth-order valence-corrected chi connectivity index (χ4v) is 1.15. The molecule has 0 amide bonds. The Morgan fingerprint density at radius 2 is 2.00 bits per heavy atom. The Hall–Kier alpha value is -1.65. The summed E-state index contributed by atoms with van der Waals surface area (Å²) in [4.78, 5) is 0. The van der Waals surface area contributed by atoms with Crippen LogP contribution in [-0.2, 0) is 16.5 Å². The molecule has 1 rings (SSSR count). The number of aliphatic hydroxyl groups excluding tert-OH is 1. The van der Waals surface area contributed by atoms with E-state index in [2.05, 4.69) is 5.10 Å². The third-order valence-electron chi connectivity index (χ3n) is 1.81. The summed E-state index contributed by atoms with van der Waals surface area (Å²) < 4.78 is 11.9. The number of aryl methyl sites for hydroxylation is 1. The van der Waals surface area contributed by atoms with Gasteiger partial charge in [0.05, 0.1) is 13.2 Å². The van der Waals surface area contributed by atoms with Gasteiger partial charge in [-0.05, 0) is 19.9 Å². The Labute approximate surface area is 88.9 Å². The summed E-state index contributed by atoms with van der Waals surface area (Å²) >= 11 is 0. The van der Waals surface area contributed by atoms with Gasteiger partial charge in [-0.1, -0.05) is 0 Å². The van der Waals surface area contributed by atoms with E-state index in [1.54, 1.807) is 24.0 Å². The normalized spacial score (nSPS) is 9.80. The highest BCUT2D eigenvalue weighted by atomic mass is 16.7. The SMILES string of the molecule is CCOC(OCC)=C(O)c1ccnn1C. The van der Waals surface area contributed by atoms with Crippen LogP contribution < -0.4 is 0 Å². The maximum atomic E-state index is 9.88. The quantitative estimate of drug-likeness (QED) is 0.754. The van der Waals surface area contributed by atoms with Gasteiger partial charge < -0.3 is 14.6 Å². The highest BCUT2D eigenvalue weighted by Crippen LogP contribution is 2.16. The van der Waals surface area contributed by atoms with Crippen molar-refractivity contribution in [3.05, 3.63) is 23.9 Å². The monoisotopic (exact) mass is 212 g/mol. The highest BCUT2D eigenvalue weighted by Gasteiger charge is 2.13. The van der Waals surface area contributed by atoms with Crippen LogP contribution >= 0.6 is 0 Å². The zero-order valence-corrected chi connectivity index (χ0v) is 9.23. The fraction of sp³-hybridized carbons (Fsp3) is 0.500. The highest BCUT2D eigenvalue weighted by molar-refractivity contribution is 5.55. The van der Waals surface area contributed by atoms with Crippen molar-refractivity contribution >= 4 is 5.76 Å². The molecule has 0 atom stereocenters. The molecule has 0 unspecified atom stereocenters. The molecule has 0 fully saturated rings. The van der Waals surface area contributed by atoms with Gasteiger partial charge in [0, 0.05) is 13.2 Å². The average Bonchev–Trinajstić information content (AvgIpc) is 2.63. The first-order chi connectivity index (χ1) is 7.20. The van der Waals surface area contributed by atoms with E-state index < -0.39 is 0 Å². The second kappa shape index (κ2) is 5.29. The molecule has 0 aromatic carbocycles. The minimum Gasteiger partial charge on any atom is -0.500 e. The molecule has 84 valence electrons. The number of aliphatic hydroxyl groups is 1. The molecule has 15 heavy (non-hydrogen) atoms. The number of ether oxygens (including phenoxy) is 2. The maximum absolute atomic E-state index is 9.88. The van der Waals surface area contributed by atoms with E-state index in [0.29, 0.717) is 18.9 Å². The summed E-state index contributed by atoms with van der Waals surface area (Å²) in [5.41, 5.74) is 0.562. The number of hydrogen-bond donors (Lipinski definition) is 1. The summed E-state index contributed by atoms with van der Waals surface area (Å²) in [5, 5.41) is 13.8. The lowest BCUT2D eigenvalue weighted by Gasteiger charge is -2.11. The summed E-state index contributed by atoms with van der Waals surface area (Å²) in [6.45, 7) is 4.54. The molecule has 0 aliphatic heterocycles. The van der Waals surface area contributed by atoms with Crippen LogP contribution in [0.1, 0.15) is 19.5 Å². The van der Waals surface area contributed by atoms with Crippen molar-refractivity contribution in [1.29, 1.82) is 0 Å². The first kappa shape index (κ1) is 11.4. The number of aromatic nitrogens is 2. The van der Waals surface area contributed by atoms with Crippen LogP contribution in [0.4, 0.5) is 0 Å². The maximum Gasteiger partial charge on any atom is 0.325 e. The van der Waals surface area contributed by atoms with E-state index in [1.165, 1.54) is 0 Å². The number of rotatable bonds is 5. The minimum absolute atomic E-state index is 0.0290. The van der Waals surface area contributed by atoms with Crippen LogP contribution in [0.15, 0.2) is 18.2 Å². The van der Waals surface area contributed by atoms with Gasteiger partial charge in [0.15, 0.2) is 0 Å². The van der Waals surface area contributed by atoms with E-state index in [4.69, 9.17) is 9.47 Å². The van der Waals surface area contributed by atoms with Crippen LogP contribution in [0.3, 0.4) is 0 Å². The first-order valence-electron chi connectivity index (χ1n) is 4.87. The average molecular weight is 212 g/mol. The van der Waals surface area contributed by atoms with Gasteiger partial charge in [-0.15, -0.1) is 0 Å². The molecule has 5 nitrogen and oxygen atoms in total. The van der Waals surface area contributed by atoms with E-state index in [9.17, 15) is 5.11 Å². The lowest BCUT2D eigenvalue weighted by Crippen LogP contribution is -2.05. The smallest absolute Gasteiger partial charge is 0.325 e. The fourth-order valence-electron chi connectivity index (χ4n) is 1.15. The van der Waals surface area contributed by atoms with Crippen LogP contribution in [0.2, 0.25) is 0 Å². The molecule has 0 aliphatic carbocycles. The van der Waals surface area contributed by atoms with Crippen molar-refractivity contribution < 1.29 is 14.6 Å². The van der Waals surface area contributed by atoms with Gasteiger partial charge in [-0.3, -0.25) is 4.68 Å². The lowest BCUT2D eigenvalue weighted by atomic mass is 10.3. The molecular weight excluding hydrogens is 196 g/mol. The molecule has 5 heteroatoms. The molecule has 1 aromatic heterocycles. The molecule has 0 spiro atoms. The van der Waals surface area contributed by atoms with Crippen molar-refractivity contribution in [1.82, 2.24) is 9.78 Å². The Balaban J connectivity index is 2.98.